The fourth-order valence-corrected chi connectivity index (χ4v) is 4.61. The van der Waals surface area contributed by atoms with E-state index >= 15 is 0 Å². The molecule has 0 saturated carbocycles. The van der Waals surface area contributed by atoms with Crippen LogP contribution >= 0.6 is 0 Å². The minimum absolute atomic E-state index is 0.0620. The molecule has 4 rings (SSSR count). The Balaban J connectivity index is 1.33. The maximum atomic E-state index is 11.5. The highest BCUT2D eigenvalue weighted by atomic mass is 32.2. The van der Waals surface area contributed by atoms with Crippen LogP contribution in [0.5, 0.6) is 5.75 Å². The number of hydrogen-bond donors (Lipinski definition) is 1. The zero-order valence-electron chi connectivity index (χ0n) is 17.5. The minimum atomic E-state index is -3.10. The van der Waals surface area contributed by atoms with Gasteiger partial charge in [-0.25, -0.2) is 13.4 Å². The first-order chi connectivity index (χ1) is 14.4. The molecule has 160 valence electrons. The molecule has 1 aromatic heterocycles. The molecule has 1 saturated heterocycles. The average Bonchev–Trinajstić information content (AvgIpc) is 3.12. The average molecular weight is 429 g/mol. The molecule has 0 amide bonds. The fraction of sp³-hybridized carbons (Fsp3) is 0.409. The van der Waals surface area contributed by atoms with Gasteiger partial charge in [-0.3, -0.25) is 4.90 Å². The van der Waals surface area contributed by atoms with E-state index in [1.54, 1.807) is 7.11 Å². The zero-order chi connectivity index (χ0) is 21.1. The topological polar surface area (TPSA) is 78.5 Å². The quantitative estimate of drug-likeness (QED) is 0.623. The monoisotopic (exact) mass is 428 g/mol. The molecule has 3 aromatic rings. The molecule has 0 unspecified atom stereocenters. The lowest BCUT2D eigenvalue weighted by Gasteiger charge is -2.36. The Morgan fingerprint density at radius 1 is 1.10 bits per heavy atom. The zero-order valence-corrected chi connectivity index (χ0v) is 18.3. The number of anilines is 1. The third-order valence-electron chi connectivity index (χ3n) is 5.51. The Morgan fingerprint density at radius 3 is 2.60 bits per heavy atom. The number of ether oxygens (including phenoxy) is 1. The van der Waals surface area contributed by atoms with Gasteiger partial charge in [0.25, 0.3) is 0 Å². The number of aromatic nitrogens is 2. The molecule has 1 N–H and O–H groups in total. The van der Waals surface area contributed by atoms with Crippen LogP contribution in [-0.2, 0) is 22.0 Å². The summed E-state index contributed by atoms with van der Waals surface area (Å²) in [6, 6.07) is 14.3. The van der Waals surface area contributed by atoms with Crippen molar-refractivity contribution in [3.8, 4) is 5.75 Å². The second kappa shape index (κ2) is 8.65. The summed E-state index contributed by atoms with van der Waals surface area (Å²) in [6.07, 6.45) is 2.17. The largest absolute Gasteiger partial charge is 0.495 e. The van der Waals surface area contributed by atoms with Gasteiger partial charge in [-0.1, -0.05) is 18.2 Å². The summed E-state index contributed by atoms with van der Waals surface area (Å²) in [5, 5.41) is 0. The van der Waals surface area contributed by atoms with Crippen LogP contribution in [0.3, 0.4) is 0 Å². The van der Waals surface area contributed by atoms with E-state index in [1.165, 1.54) is 11.8 Å². The SMILES string of the molecule is COc1ccccc1N1CCN(CCc2ccc3nc(CS(C)(=O)=O)[nH]c3c2)CC1. The highest BCUT2D eigenvalue weighted by Crippen LogP contribution is 2.28. The molecule has 1 aliphatic heterocycles. The smallest absolute Gasteiger partial charge is 0.154 e. The number of para-hydroxylation sites is 2. The molecule has 0 bridgehead atoms. The molecule has 2 heterocycles. The van der Waals surface area contributed by atoms with Crippen LogP contribution in [0.25, 0.3) is 11.0 Å². The van der Waals surface area contributed by atoms with E-state index in [0.29, 0.717) is 5.82 Å². The third kappa shape index (κ3) is 4.94. The van der Waals surface area contributed by atoms with Gasteiger partial charge < -0.3 is 14.6 Å². The molecule has 0 aliphatic carbocycles. The molecule has 8 heteroatoms. The molecule has 0 radical (unpaired) electrons. The standard InChI is InChI=1S/C22H28N4O3S/c1-29-21-6-4-3-5-20(21)26-13-11-25(12-14-26)10-9-17-7-8-18-19(15-17)24-22(23-18)16-30(2,27)28/h3-8,15H,9-14,16H2,1-2H3,(H,23,24). The first-order valence-corrected chi connectivity index (χ1v) is 12.2. The van der Waals surface area contributed by atoms with Gasteiger partial charge in [0.2, 0.25) is 0 Å². The fourth-order valence-electron chi connectivity index (χ4n) is 3.97. The summed E-state index contributed by atoms with van der Waals surface area (Å²) in [5.74, 6) is 1.36. The van der Waals surface area contributed by atoms with E-state index in [9.17, 15) is 8.42 Å². The normalized spacial score (nSPS) is 15.6. The summed E-state index contributed by atoms with van der Waals surface area (Å²) < 4.78 is 28.5. The summed E-state index contributed by atoms with van der Waals surface area (Å²) in [6.45, 7) is 4.99. The number of H-pyrrole nitrogens is 1. The van der Waals surface area contributed by atoms with Crippen molar-refractivity contribution >= 4 is 26.6 Å². The van der Waals surface area contributed by atoms with E-state index in [2.05, 4.69) is 44.0 Å². The number of rotatable bonds is 7. The molecule has 1 fully saturated rings. The van der Waals surface area contributed by atoms with E-state index in [4.69, 9.17) is 4.74 Å². The van der Waals surface area contributed by atoms with Crippen LogP contribution in [0, 0.1) is 0 Å². The Hall–Kier alpha value is -2.58. The van der Waals surface area contributed by atoms with Gasteiger partial charge in [-0.05, 0) is 36.2 Å². The number of aromatic amines is 1. The van der Waals surface area contributed by atoms with Gasteiger partial charge >= 0.3 is 0 Å². The van der Waals surface area contributed by atoms with Crippen LogP contribution in [0.4, 0.5) is 5.69 Å². The van der Waals surface area contributed by atoms with E-state index in [0.717, 1.165) is 61.6 Å². The van der Waals surface area contributed by atoms with Crippen molar-refractivity contribution in [3.63, 3.8) is 0 Å². The minimum Gasteiger partial charge on any atom is -0.495 e. The van der Waals surface area contributed by atoms with Gasteiger partial charge in [0.15, 0.2) is 9.84 Å². The number of hydrogen-bond acceptors (Lipinski definition) is 6. The Bertz CT molecular complexity index is 1120. The maximum Gasteiger partial charge on any atom is 0.154 e. The first kappa shape index (κ1) is 20.7. The van der Waals surface area contributed by atoms with Crippen LogP contribution in [0.15, 0.2) is 42.5 Å². The van der Waals surface area contributed by atoms with Gasteiger partial charge in [0, 0.05) is 39.0 Å². The molecular formula is C22H28N4O3S. The van der Waals surface area contributed by atoms with Crippen LogP contribution in [0.1, 0.15) is 11.4 Å². The number of sulfone groups is 1. The van der Waals surface area contributed by atoms with Crippen molar-refractivity contribution in [2.24, 2.45) is 0 Å². The predicted octanol–water partition coefficient (Wildman–Crippen LogP) is 2.48. The number of fused-ring (bicyclic) bond motifs is 1. The summed E-state index contributed by atoms with van der Waals surface area (Å²) in [5.41, 5.74) is 4.09. The highest BCUT2D eigenvalue weighted by molar-refractivity contribution is 7.89. The van der Waals surface area contributed by atoms with E-state index < -0.39 is 9.84 Å². The number of nitrogens with one attached hydrogen (secondary N) is 1. The molecule has 30 heavy (non-hydrogen) atoms. The Kier molecular flexibility index (Phi) is 5.97. The van der Waals surface area contributed by atoms with Crippen molar-refractivity contribution in [1.29, 1.82) is 0 Å². The van der Waals surface area contributed by atoms with Gasteiger partial charge in [0.1, 0.15) is 17.3 Å². The number of nitrogens with zero attached hydrogens (tertiary/aromatic N) is 3. The molecular weight excluding hydrogens is 400 g/mol. The van der Waals surface area contributed by atoms with Gasteiger partial charge in [-0.2, -0.15) is 0 Å². The first-order valence-electron chi connectivity index (χ1n) is 10.2. The molecule has 7 nitrogen and oxygen atoms in total. The van der Waals surface area contributed by atoms with Crippen molar-refractivity contribution in [3.05, 3.63) is 53.9 Å². The van der Waals surface area contributed by atoms with Crippen LogP contribution in [0.2, 0.25) is 0 Å². The predicted molar refractivity (Wildman–Crippen MR) is 120 cm³/mol. The number of benzene rings is 2. The van der Waals surface area contributed by atoms with E-state index in [-0.39, 0.29) is 5.75 Å². The summed E-state index contributed by atoms with van der Waals surface area (Å²) in [7, 11) is -1.38. The lowest BCUT2D eigenvalue weighted by atomic mass is 10.1. The van der Waals surface area contributed by atoms with Crippen molar-refractivity contribution < 1.29 is 13.2 Å². The Morgan fingerprint density at radius 2 is 1.87 bits per heavy atom. The molecule has 2 aromatic carbocycles. The van der Waals surface area contributed by atoms with E-state index in [1.807, 2.05) is 18.2 Å². The van der Waals surface area contributed by atoms with Gasteiger partial charge in [0.05, 0.1) is 23.8 Å². The molecule has 1 aliphatic rings. The van der Waals surface area contributed by atoms with Crippen molar-refractivity contribution in [2.45, 2.75) is 12.2 Å². The van der Waals surface area contributed by atoms with Crippen LogP contribution in [-0.4, -0.2) is 69.4 Å². The van der Waals surface area contributed by atoms with Crippen molar-refractivity contribution in [2.75, 3.05) is 51.0 Å². The van der Waals surface area contributed by atoms with Gasteiger partial charge in [-0.15, -0.1) is 0 Å². The summed E-state index contributed by atoms with van der Waals surface area (Å²) in [4.78, 5) is 12.4. The second-order valence-electron chi connectivity index (χ2n) is 7.86. The molecule has 0 atom stereocenters. The number of imidazole rings is 1. The lowest BCUT2D eigenvalue weighted by molar-refractivity contribution is 0.260. The number of methoxy groups -OCH3 is 1. The molecule has 0 spiro atoms. The highest BCUT2D eigenvalue weighted by Gasteiger charge is 2.19. The van der Waals surface area contributed by atoms with Crippen LogP contribution < -0.4 is 9.64 Å². The van der Waals surface area contributed by atoms with Crippen molar-refractivity contribution in [1.82, 2.24) is 14.9 Å². The Labute approximate surface area is 177 Å². The summed E-state index contributed by atoms with van der Waals surface area (Å²) >= 11 is 0. The maximum absolute atomic E-state index is 11.5. The number of piperazine rings is 1. The lowest BCUT2D eigenvalue weighted by Crippen LogP contribution is -2.47. The third-order valence-corrected chi connectivity index (χ3v) is 6.31. The second-order valence-corrected chi connectivity index (χ2v) is 10.00.